The van der Waals surface area contributed by atoms with Crippen LogP contribution >= 0.6 is 0 Å². The first kappa shape index (κ1) is 21.8. The normalized spacial score (nSPS) is 14.4. The molecular formula is C21H18F4N4O3. The Labute approximate surface area is 179 Å². The van der Waals surface area contributed by atoms with Crippen molar-refractivity contribution in [2.24, 2.45) is 0 Å². The van der Waals surface area contributed by atoms with E-state index in [0.717, 1.165) is 0 Å². The molecule has 0 radical (unpaired) electrons. The van der Waals surface area contributed by atoms with Crippen molar-refractivity contribution in [2.45, 2.75) is 25.6 Å². The topological polar surface area (TPSA) is 91.5 Å². The van der Waals surface area contributed by atoms with Gasteiger partial charge in [-0.05, 0) is 48.7 Å². The van der Waals surface area contributed by atoms with Crippen molar-refractivity contribution in [3.63, 3.8) is 0 Å². The highest BCUT2D eigenvalue weighted by Gasteiger charge is 2.42. The van der Waals surface area contributed by atoms with Gasteiger partial charge in [-0.1, -0.05) is 17.3 Å². The molecule has 0 saturated heterocycles. The van der Waals surface area contributed by atoms with Crippen LogP contribution in [0.4, 0.5) is 28.9 Å². The number of nitrogens with one attached hydrogen (secondary N) is 1. The number of carbonyl (C=O) groups excluding carboxylic acids is 1. The molecule has 7 nitrogen and oxygen atoms in total. The summed E-state index contributed by atoms with van der Waals surface area (Å²) >= 11 is 0. The zero-order valence-corrected chi connectivity index (χ0v) is 16.8. The van der Waals surface area contributed by atoms with Crippen LogP contribution in [-0.2, 0) is 11.2 Å². The number of hydrogen-bond acceptors (Lipinski definition) is 6. The molecule has 0 bridgehead atoms. The maximum Gasteiger partial charge on any atom is 0.418 e. The van der Waals surface area contributed by atoms with E-state index >= 15 is 0 Å². The summed E-state index contributed by atoms with van der Waals surface area (Å²) in [5.41, 5.74) is 0.789. The highest BCUT2D eigenvalue weighted by Crippen LogP contribution is 2.39. The van der Waals surface area contributed by atoms with E-state index in [4.69, 9.17) is 4.52 Å². The van der Waals surface area contributed by atoms with Crippen LogP contribution in [0.2, 0.25) is 0 Å². The molecule has 2 heterocycles. The molecule has 4 rings (SSSR count). The van der Waals surface area contributed by atoms with Gasteiger partial charge in [0.2, 0.25) is 5.91 Å². The van der Waals surface area contributed by atoms with E-state index in [0.29, 0.717) is 17.1 Å². The van der Waals surface area contributed by atoms with Gasteiger partial charge in [0.25, 0.3) is 5.89 Å². The zero-order valence-electron chi connectivity index (χ0n) is 16.8. The molecule has 168 valence electrons. The number of nitrogens with zero attached hydrogens (tertiary/aromatic N) is 3. The number of alkyl halides is 3. The van der Waals surface area contributed by atoms with Crippen molar-refractivity contribution < 1.29 is 32.0 Å². The standard InChI is InChI=1S/C21H18F4N4O3/c1-11-27-20(32-28-11)12-5-6-15(22)16(9-12)26-10-18(30)29-8-7-13-14(3-2-4-17(13)29)19(31)21(23,24)25/h2-6,9,19,26,31H,7-8,10H2,1H3. The minimum absolute atomic E-state index is 0.0346. The highest BCUT2D eigenvalue weighted by atomic mass is 19.4. The largest absolute Gasteiger partial charge is 0.418 e. The van der Waals surface area contributed by atoms with Gasteiger partial charge in [0.15, 0.2) is 11.9 Å². The van der Waals surface area contributed by atoms with Gasteiger partial charge in [0.1, 0.15) is 5.82 Å². The van der Waals surface area contributed by atoms with E-state index < -0.39 is 24.0 Å². The van der Waals surface area contributed by atoms with E-state index in [-0.39, 0.29) is 42.2 Å². The van der Waals surface area contributed by atoms with Gasteiger partial charge in [-0.15, -0.1) is 0 Å². The van der Waals surface area contributed by atoms with Gasteiger partial charge < -0.3 is 19.8 Å². The maximum absolute atomic E-state index is 14.2. The number of fused-ring (bicyclic) bond motifs is 1. The van der Waals surface area contributed by atoms with Crippen molar-refractivity contribution >= 4 is 17.3 Å². The lowest BCUT2D eigenvalue weighted by atomic mass is 10.00. The van der Waals surface area contributed by atoms with E-state index in [9.17, 15) is 27.5 Å². The summed E-state index contributed by atoms with van der Waals surface area (Å²) in [6, 6.07) is 8.15. The Morgan fingerprint density at radius 3 is 2.78 bits per heavy atom. The Kier molecular flexibility index (Phi) is 5.59. The number of amides is 1. The highest BCUT2D eigenvalue weighted by molar-refractivity contribution is 5.98. The second-order valence-electron chi connectivity index (χ2n) is 7.28. The van der Waals surface area contributed by atoms with Gasteiger partial charge >= 0.3 is 6.18 Å². The number of aromatic nitrogens is 2. The smallest absolute Gasteiger partial charge is 0.379 e. The van der Waals surface area contributed by atoms with Crippen LogP contribution in [0.3, 0.4) is 0 Å². The van der Waals surface area contributed by atoms with Crippen LogP contribution in [0.25, 0.3) is 11.5 Å². The minimum Gasteiger partial charge on any atom is -0.379 e. The van der Waals surface area contributed by atoms with Crippen molar-refractivity contribution in [3.8, 4) is 11.5 Å². The summed E-state index contributed by atoms with van der Waals surface area (Å²) in [6.45, 7) is 1.50. The van der Waals surface area contributed by atoms with Crippen molar-refractivity contribution in [1.82, 2.24) is 10.1 Å². The third kappa shape index (κ3) is 4.15. The zero-order chi connectivity index (χ0) is 23.0. The molecule has 1 atom stereocenters. The molecular weight excluding hydrogens is 432 g/mol. The number of aliphatic hydroxyl groups is 1. The summed E-state index contributed by atoms with van der Waals surface area (Å²) in [4.78, 5) is 18.1. The predicted molar refractivity (Wildman–Crippen MR) is 106 cm³/mol. The molecule has 1 aliphatic rings. The van der Waals surface area contributed by atoms with Crippen LogP contribution in [0.5, 0.6) is 0 Å². The van der Waals surface area contributed by atoms with Crippen LogP contribution in [0, 0.1) is 12.7 Å². The fourth-order valence-corrected chi connectivity index (χ4v) is 3.63. The number of halogens is 4. The fourth-order valence-electron chi connectivity index (χ4n) is 3.63. The first-order valence-electron chi connectivity index (χ1n) is 9.66. The quantitative estimate of drug-likeness (QED) is 0.575. The molecule has 1 unspecified atom stereocenters. The van der Waals surface area contributed by atoms with Gasteiger partial charge in [-0.2, -0.15) is 18.2 Å². The van der Waals surface area contributed by atoms with Crippen LogP contribution in [-0.4, -0.2) is 40.4 Å². The second kappa shape index (κ2) is 8.23. The van der Waals surface area contributed by atoms with Gasteiger partial charge in [0, 0.05) is 17.8 Å². The molecule has 1 aliphatic heterocycles. The first-order valence-corrected chi connectivity index (χ1v) is 9.66. The van der Waals surface area contributed by atoms with Crippen LogP contribution in [0.1, 0.15) is 23.1 Å². The van der Waals surface area contributed by atoms with Gasteiger partial charge in [-0.25, -0.2) is 4.39 Å². The Bertz CT molecular complexity index is 1160. The number of carbonyl (C=O) groups is 1. The maximum atomic E-state index is 14.2. The van der Waals surface area contributed by atoms with Crippen molar-refractivity contribution in [3.05, 3.63) is 59.2 Å². The van der Waals surface area contributed by atoms with Gasteiger partial charge in [0.05, 0.1) is 12.2 Å². The second-order valence-corrected chi connectivity index (χ2v) is 7.28. The summed E-state index contributed by atoms with van der Waals surface area (Å²) in [5.74, 6) is -0.450. The number of anilines is 2. The molecule has 2 aromatic carbocycles. The molecule has 1 aromatic heterocycles. The Hall–Kier alpha value is -3.47. The Balaban J connectivity index is 1.50. The summed E-state index contributed by atoms with van der Waals surface area (Å²) in [5, 5.41) is 16.0. The molecule has 2 N–H and O–H groups in total. The van der Waals surface area contributed by atoms with E-state index in [2.05, 4.69) is 15.5 Å². The minimum atomic E-state index is -4.81. The summed E-state index contributed by atoms with van der Waals surface area (Å²) < 4.78 is 58.2. The van der Waals surface area contributed by atoms with Crippen molar-refractivity contribution in [2.75, 3.05) is 23.3 Å². The molecule has 0 saturated carbocycles. The summed E-state index contributed by atoms with van der Waals surface area (Å²) in [6.07, 6.45) is -7.27. The lowest BCUT2D eigenvalue weighted by molar-refractivity contribution is -0.206. The number of benzene rings is 2. The third-order valence-corrected chi connectivity index (χ3v) is 5.14. The lowest BCUT2D eigenvalue weighted by Gasteiger charge is -2.20. The first-order chi connectivity index (χ1) is 15.1. The number of hydrogen-bond donors (Lipinski definition) is 2. The van der Waals surface area contributed by atoms with E-state index in [1.54, 1.807) is 6.92 Å². The van der Waals surface area contributed by atoms with Crippen LogP contribution in [0.15, 0.2) is 40.9 Å². The third-order valence-electron chi connectivity index (χ3n) is 5.14. The van der Waals surface area contributed by atoms with Crippen molar-refractivity contribution in [1.29, 1.82) is 0 Å². The van der Waals surface area contributed by atoms with Gasteiger partial charge in [-0.3, -0.25) is 4.79 Å². The molecule has 0 fully saturated rings. The number of rotatable bonds is 5. The molecule has 3 aromatic rings. The van der Waals surface area contributed by atoms with E-state index in [1.165, 1.54) is 41.3 Å². The monoisotopic (exact) mass is 450 g/mol. The summed E-state index contributed by atoms with van der Waals surface area (Å²) in [7, 11) is 0. The van der Waals surface area contributed by atoms with Crippen LogP contribution < -0.4 is 10.2 Å². The number of aryl methyl sites for hydroxylation is 1. The Morgan fingerprint density at radius 2 is 2.09 bits per heavy atom. The SMILES string of the molecule is Cc1noc(-c2ccc(F)c(NCC(=O)N3CCc4c(C(O)C(F)(F)F)cccc43)c2)n1. The average molecular weight is 450 g/mol. The fraction of sp³-hybridized carbons (Fsp3) is 0.286. The number of aliphatic hydroxyl groups excluding tert-OH is 1. The molecule has 1 amide bonds. The lowest BCUT2D eigenvalue weighted by Crippen LogP contribution is -2.34. The molecule has 0 aliphatic carbocycles. The predicted octanol–water partition coefficient (Wildman–Crippen LogP) is 3.78. The average Bonchev–Trinajstić information content (AvgIpc) is 3.38. The van der Waals surface area contributed by atoms with E-state index in [1.807, 2.05) is 0 Å². The Morgan fingerprint density at radius 1 is 1.31 bits per heavy atom. The molecule has 0 spiro atoms. The molecule has 11 heteroatoms. The molecule has 32 heavy (non-hydrogen) atoms.